The Morgan fingerprint density at radius 3 is 2.25 bits per heavy atom. The van der Waals surface area contributed by atoms with Crippen molar-refractivity contribution >= 4 is 35.1 Å². The molecular weight excluding hydrogens is 298 g/mol. The van der Waals surface area contributed by atoms with Gasteiger partial charge < -0.3 is 22.9 Å². The van der Waals surface area contributed by atoms with Crippen LogP contribution in [0.25, 0.3) is 0 Å². The van der Waals surface area contributed by atoms with Crippen LogP contribution in [0.4, 0.5) is 0 Å². The fraction of sp³-hybridized carbons (Fsp3) is 0.818. The quantitative estimate of drug-likeness (QED) is 0.192. The Balaban J connectivity index is 3.78. The summed E-state index contributed by atoms with van der Waals surface area (Å²) in [6, 6.07) is -0.782. The van der Waals surface area contributed by atoms with Crippen molar-refractivity contribution in [1.82, 2.24) is 5.32 Å². The lowest BCUT2D eigenvalue weighted by atomic mass is 10.2. The smallest absolute Gasteiger partial charge is 0.164 e. The average Bonchev–Trinajstić information content (AvgIpc) is 2.44. The fourth-order valence-electron chi connectivity index (χ4n) is 1.37. The molecule has 0 aromatic rings. The third-order valence-corrected chi connectivity index (χ3v) is 5.00. The van der Waals surface area contributed by atoms with E-state index in [1.165, 1.54) is 0 Å². The minimum atomic E-state index is -0.465. The molecule has 0 saturated heterocycles. The molecule has 0 aliphatic rings. The highest BCUT2D eigenvalue weighted by molar-refractivity contribution is 8.16. The van der Waals surface area contributed by atoms with Gasteiger partial charge in [-0.15, -0.1) is 23.5 Å². The maximum absolute atomic E-state index is 11.5. The summed E-state index contributed by atoms with van der Waals surface area (Å²) in [6.45, 7) is 0.575. The molecule has 2 atom stereocenters. The number of carbonyl (C=O) groups is 2. The molecule has 0 aromatic heterocycles. The molecule has 20 heavy (non-hydrogen) atoms. The van der Waals surface area contributed by atoms with Gasteiger partial charge in [0.25, 0.3) is 0 Å². The maximum atomic E-state index is 11.5. The molecule has 0 fully saturated rings. The zero-order valence-corrected chi connectivity index (χ0v) is 13.2. The van der Waals surface area contributed by atoms with Crippen LogP contribution in [0.1, 0.15) is 6.42 Å². The lowest BCUT2D eigenvalue weighted by molar-refractivity contribution is -0.120. The van der Waals surface area contributed by atoms with Crippen molar-refractivity contribution in [1.29, 1.82) is 0 Å². The summed E-state index contributed by atoms with van der Waals surface area (Å²) in [5.74, 6) is 1.10. The number of hydrogen-bond acceptors (Lipinski definition) is 9. The standard InChI is InChI=1S/C11H25N5O2S2/c12-2-1-10(17)8(15)4-19-7-20-5-9(16-6-14)11(18)3-13/h8-9,16H,1-7,12-15H2. The summed E-state index contributed by atoms with van der Waals surface area (Å²) in [7, 11) is 0. The molecule has 0 spiro atoms. The van der Waals surface area contributed by atoms with Gasteiger partial charge in [0.05, 0.1) is 18.6 Å². The second-order valence-electron chi connectivity index (χ2n) is 4.10. The van der Waals surface area contributed by atoms with E-state index in [0.717, 1.165) is 5.08 Å². The van der Waals surface area contributed by atoms with E-state index in [-0.39, 0.29) is 30.8 Å². The molecule has 7 nitrogen and oxygen atoms in total. The Kier molecular flexibility index (Phi) is 12.5. The second-order valence-corrected chi connectivity index (χ2v) is 6.53. The van der Waals surface area contributed by atoms with Crippen LogP contribution in [0.15, 0.2) is 0 Å². The largest absolute Gasteiger partial charge is 0.330 e. The van der Waals surface area contributed by atoms with Crippen molar-refractivity contribution in [2.45, 2.75) is 18.5 Å². The van der Waals surface area contributed by atoms with Crippen molar-refractivity contribution in [3.63, 3.8) is 0 Å². The Morgan fingerprint density at radius 1 is 1.05 bits per heavy atom. The molecule has 0 aromatic carbocycles. The van der Waals surface area contributed by atoms with Gasteiger partial charge in [-0.1, -0.05) is 0 Å². The molecule has 0 bridgehead atoms. The van der Waals surface area contributed by atoms with E-state index in [0.29, 0.717) is 24.5 Å². The molecule has 0 saturated carbocycles. The van der Waals surface area contributed by atoms with Crippen LogP contribution in [0.5, 0.6) is 0 Å². The predicted molar refractivity (Wildman–Crippen MR) is 86.5 cm³/mol. The van der Waals surface area contributed by atoms with E-state index in [1.807, 2.05) is 0 Å². The Bertz CT molecular complexity index is 294. The summed E-state index contributed by atoms with van der Waals surface area (Å²) in [5.41, 5.74) is 21.7. The molecule has 9 N–H and O–H groups in total. The van der Waals surface area contributed by atoms with Crippen LogP contribution in [-0.4, -0.2) is 60.0 Å². The van der Waals surface area contributed by atoms with Gasteiger partial charge in [-0.3, -0.25) is 14.9 Å². The maximum Gasteiger partial charge on any atom is 0.164 e. The van der Waals surface area contributed by atoms with Crippen molar-refractivity contribution in [2.75, 3.05) is 36.3 Å². The van der Waals surface area contributed by atoms with Crippen molar-refractivity contribution in [3.05, 3.63) is 0 Å². The summed E-state index contributed by atoms with van der Waals surface area (Å²) >= 11 is 3.16. The molecule has 0 rings (SSSR count). The lowest BCUT2D eigenvalue weighted by Crippen LogP contribution is -2.44. The number of thioether (sulfide) groups is 2. The zero-order chi connectivity index (χ0) is 15.4. The van der Waals surface area contributed by atoms with Crippen LogP contribution < -0.4 is 28.3 Å². The van der Waals surface area contributed by atoms with E-state index in [1.54, 1.807) is 23.5 Å². The van der Waals surface area contributed by atoms with Crippen LogP contribution in [0.3, 0.4) is 0 Å². The number of ketones is 2. The third-order valence-electron chi connectivity index (χ3n) is 2.51. The van der Waals surface area contributed by atoms with Gasteiger partial charge in [-0.05, 0) is 6.54 Å². The molecule has 0 aliphatic carbocycles. The normalized spacial score (nSPS) is 14.0. The number of nitrogens with two attached hydrogens (primary N) is 4. The predicted octanol–water partition coefficient (Wildman–Crippen LogP) is -1.94. The molecule has 0 radical (unpaired) electrons. The summed E-state index contributed by atoms with van der Waals surface area (Å²) in [6.07, 6.45) is 0.322. The van der Waals surface area contributed by atoms with Gasteiger partial charge in [0.2, 0.25) is 0 Å². The van der Waals surface area contributed by atoms with Gasteiger partial charge in [-0.25, -0.2) is 0 Å². The lowest BCUT2D eigenvalue weighted by Gasteiger charge is -2.15. The molecule has 9 heteroatoms. The van der Waals surface area contributed by atoms with E-state index in [2.05, 4.69) is 5.32 Å². The van der Waals surface area contributed by atoms with Crippen LogP contribution >= 0.6 is 23.5 Å². The van der Waals surface area contributed by atoms with Crippen LogP contribution in [0, 0.1) is 0 Å². The van der Waals surface area contributed by atoms with Gasteiger partial charge in [0, 0.05) is 29.7 Å². The van der Waals surface area contributed by atoms with Crippen molar-refractivity contribution in [3.8, 4) is 0 Å². The Hall–Kier alpha value is -0.160. The van der Waals surface area contributed by atoms with E-state index < -0.39 is 6.04 Å². The van der Waals surface area contributed by atoms with Gasteiger partial charge in [-0.2, -0.15) is 0 Å². The summed E-state index contributed by atoms with van der Waals surface area (Å²) in [4.78, 5) is 22.9. The van der Waals surface area contributed by atoms with E-state index in [9.17, 15) is 9.59 Å². The van der Waals surface area contributed by atoms with Crippen molar-refractivity contribution < 1.29 is 9.59 Å². The molecule has 118 valence electrons. The summed E-state index contributed by atoms with van der Waals surface area (Å²) in [5, 5.41) is 3.65. The number of rotatable bonds is 13. The zero-order valence-electron chi connectivity index (χ0n) is 11.5. The fourth-order valence-corrected chi connectivity index (χ4v) is 3.59. The van der Waals surface area contributed by atoms with Crippen LogP contribution in [0.2, 0.25) is 0 Å². The van der Waals surface area contributed by atoms with Gasteiger partial charge >= 0.3 is 0 Å². The first-order valence-corrected chi connectivity index (χ1v) is 8.67. The topological polar surface area (TPSA) is 150 Å². The number of carbonyl (C=O) groups excluding carboxylic acids is 2. The average molecular weight is 323 g/mol. The SMILES string of the molecule is NCCC(=O)C(N)CSCSCC(NCN)C(=O)CN. The number of hydrogen-bond donors (Lipinski definition) is 5. The summed E-state index contributed by atoms with van der Waals surface area (Å²) < 4.78 is 0. The van der Waals surface area contributed by atoms with Gasteiger partial charge in [0.15, 0.2) is 11.6 Å². The van der Waals surface area contributed by atoms with Crippen LogP contribution in [-0.2, 0) is 9.59 Å². The number of nitrogens with one attached hydrogen (secondary N) is 1. The minimum Gasteiger partial charge on any atom is -0.330 e. The molecule has 0 heterocycles. The highest BCUT2D eigenvalue weighted by Crippen LogP contribution is 2.14. The van der Waals surface area contributed by atoms with E-state index >= 15 is 0 Å². The highest BCUT2D eigenvalue weighted by Gasteiger charge is 2.16. The Labute approximate surface area is 128 Å². The Morgan fingerprint density at radius 2 is 1.70 bits per heavy atom. The van der Waals surface area contributed by atoms with Gasteiger partial charge in [0.1, 0.15) is 0 Å². The van der Waals surface area contributed by atoms with Crippen molar-refractivity contribution in [2.24, 2.45) is 22.9 Å². The first-order chi connectivity index (χ1) is 9.56. The number of Topliss-reactive ketones (excluding diaryl/α,β-unsaturated/α-hetero) is 2. The van der Waals surface area contributed by atoms with E-state index in [4.69, 9.17) is 22.9 Å². The highest BCUT2D eigenvalue weighted by atomic mass is 32.2. The molecular formula is C11H25N5O2S2. The first-order valence-electron chi connectivity index (χ1n) is 6.36. The molecule has 0 amide bonds. The third kappa shape index (κ3) is 8.90. The molecule has 0 aliphatic heterocycles. The monoisotopic (exact) mass is 323 g/mol. The second kappa shape index (κ2) is 12.6. The molecule has 2 unspecified atom stereocenters. The minimum absolute atomic E-state index is 0.00380. The first kappa shape index (κ1) is 19.8.